The number of benzene rings is 1. The Hall–Kier alpha value is -1.40. The van der Waals surface area contributed by atoms with Crippen LogP contribution in [-0.2, 0) is 0 Å². The van der Waals surface area contributed by atoms with Crippen molar-refractivity contribution < 1.29 is 23.4 Å². The maximum Gasteiger partial charge on any atom is 0.265 e. The van der Waals surface area contributed by atoms with Crippen LogP contribution in [0.2, 0.25) is 0 Å². The molecule has 0 bridgehead atoms. The molecule has 2 N–H and O–H groups in total. The predicted octanol–water partition coefficient (Wildman–Crippen LogP) is 1.73. The SMILES string of the molecule is CC(NCC(O)C(F)F)c1ccc2c(c1)OCCO2. The van der Waals surface area contributed by atoms with Gasteiger partial charge in [0.25, 0.3) is 6.43 Å². The molecular weight excluding hydrogens is 256 g/mol. The Labute approximate surface area is 110 Å². The molecule has 1 aliphatic rings. The lowest BCUT2D eigenvalue weighted by Gasteiger charge is -2.21. The highest BCUT2D eigenvalue weighted by atomic mass is 19.3. The number of hydrogen-bond acceptors (Lipinski definition) is 4. The number of ether oxygens (including phenoxy) is 2. The van der Waals surface area contributed by atoms with E-state index >= 15 is 0 Å². The highest BCUT2D eigenvalue weighted by Crippen LogP contribution is 2.32. The number of hydrogen-bond donors (Lipinski definition) is 2. The van der Waals surface area contributed by atoms with Gasteiger partial charge in [0.2, 0.25) is 0 Å². The van der Waals surface area contributed by atoms with E-state index in [1.807, 2.05) is 19.1 Å². The molecule has 4 nitrogen and oxygen atoms in total. The number of halogens is 2. The molecule has 1 aromatic rings. The van der Waals surface area contributed by atoms with Crippen LogP contribution in [0.25, 0.3) is 0 Å². The van der Waals surface area contributed by atoms with Gasteiger partial charge in [0.1, 0.15) is 19.3 Å². The molecule has 1 aliphatic heterocycles. The molecule has 2 unspecified atom stereocenters. The fourth-order valence-corrected chi connectivity index (χ4v) is 1.83. The summed E-state index contributed by atoms with van der Waals surface area (Å²) in [5.41, 5.74) is 0.894. The van der Waals surface area contributed by atoms with Crippen LogP contribution in [0.3, 0.4) is 0 Å². The average Bonchev–Trinajstić information content (AvgIpc) is 2.43. The van der Waals surface area contributed by atoms with E-state index in [4.69, 9.17) is 14.6 Å². The van der Waals surface area contributed by atoms with E-state index in [0.717, 1.165) is 5.56 Å². The summed E-state index contributed by atoms with van der Waals surface area (Å²) in [4.78, 5) is 0. The van der Waals surface area contributed by atoms with E-state index in [1.165, 1.54) is 0 Å². The Balaban J connectivity index is 1.97. The van der Waals surface area contributed by atoms with Crippen molar-refractivity contribution >= 4 is 0 Å². The Bertz CT molecular complexity index is 428. The lowest BCUT2D eigenvalue weighted by Crippen LogP contribution is -2.33. The summed E-state index contributed by atoms with van der Waals surface area (Å²) in [5, 5.41) is 11.9. The second-order valence-corrected chi connectivity index (χ2v) is 4.43. The number of nitrogens with one attached hydrogen (secondary N) is 1. The third kappa shape index (κ3) is 3.54. The molecule has 0 fully saturated rings. The molecule has 106 valence electrons. The average molecular weight is 273 g/mol. The van der Waals surface area contributed by atoms with Gasteiger partial charge in [0, 0.05) is 12.6 Å². The van der Waals surface area contributed by atoms with Gasteiger partial charge in [0.15, 0.2) is 11.5 Å². The summed E-state index contributed by atoms with van der Waals surface area (Å²) in [5.74, 6) is 1.35. The maximum atomic E-state index is 12.2. The van der Waals surface area contributed by atoms with Crippen LogP contribution < -0.4 is 14.8 Å². The van der Waals surface area contributed by atoms with Gasteiger partial charge in [-0.3, -0.25) is 0 Å². The number of aliphatic hydroxyl groups excluding tert-OH is 1. The molecule has 0 aromatic heterocycles. The first kappa shape index (κ1) is 14.0. The molecule has 0 saturated heterocycles. The molecule has 2 atom stereocenters. The Kier molecular flexibility index (Phi) is 4.55. The third-order valence-electron chi connectivity index (χ3n) is 2.99. The normalized spacial score (nSPS) is 17.3. The zero-order chi connectivity index (χ0) is 13.8. The van der Waals surface area contributed by atoms with Crippen LogP contribution >= 0.6 is 0 Å². The minimum Gasteiger partial charge on any atom is -0.486 e. The first-order valence-electron chi connectivity index (χ1n) is 6.17. The summed E-state index contributed by atoms with van der Waals surface area (Å²) in [6, 6.07) is 5.30. The van der Waals surface area contributed by atoms with E-state index in [0.29, 0.717) is 24.7 Å². The van der Waals surface area contributed by atoms with Gasteiger partial charge in [-0.2, -0.15) is 0 Å². The van der Waals surface area contributed by atoms with E-state index in [9.17, 15) is 8.78 Å². The number of rotatable bonds is 5. The van der Waals surface area contributed by atoms with Crippen molar-refractivity contribution in [2.45, 2.75) is 25.5 Å². The zero-order valence-electron chi connectivity index (χ0n) is 10.6. The molecular formula is C13H17F2NO3. The Morgan fingerprint density at radius 1 is 1.26 bits per heavy atom. The molecule has 0 amide bonds. The quantitative estimate of drug-likeness (QED) is 0.858. The minimum absolute atomic E-state index is 0.159. The van der Waals surface area contributed by atoms with Gasteiger partial charge in [-0.15, -0.1) is 0 Å². The number of aliphatic hydroxyl groups is 1. The van der Waals surface area contributed by atoms with E-state index < -0.39 is 12.5 Å². The van der Waals surface area contributed by atoms with Crippen molar-refractivity contribution in [3.63, 3.8) is 0 Å². The van der Waals surface area contributed by atoms with Crippen LogP contribution in [-0.4, -0.2) is 37.4 Å². The first-order chi connectivity index (χ1) is 9.08. The van der Waals surface area contributed by atoms with Gasteiger partial charge in [-0.25, -0.2) is 8.78 Å². The first-order valence-corrected chi connectivity index (χ1v) is 6.17. The highest BCUT2D eigenvalue weighted by Gasteiger charge is 2.19. The molecule has 1 aromatic carbocycles. The summed E-state index contributed by atoms with van der Waals surface area (Å²) in [6.45, 7) is 2.71. The summed E-state index contributed by atoms with van der Waals surface area (Å²) in [6.07, 6.45) is -4.39. The van der Waals surface area contributed by atoms with Crippen molar-refractivity contribution in [3.05, 3.63) is 23.8 Å². The lowest BCUT2D eigenvalue weighted by molar-refractivity contribution is -0.00439. The van der Waals surface area contributed by atoms with Crippen molar-refractivity contribution in [3.8, 4) is 11.5 Å². The van der Waals surface area contributed by atoms with Gasteiger partial charge in [0.05, 0.1) is 0 Å². The van der Waals surface area contributed by atoms with Gasteiger partial charge in [-0.1, -0.05) is 6.07 Å². The maximum absolute atomic E-state index is 12.2. The molecule has 1 heterocycles. The molecule has 0 saturated carbocycles. The fourth-order valence-electron chi connectivity index (χ4n) is 1.83. The van der Waals surface area contributed by atoms with Crippen molar-refractivity contribution in [2.75, 3.05) is 19.8 Å². The zero-order valence-corrected chi connectivity index (χ0v) is 10.6. The number of fused-ring (bicyclic) bond motifs is 1. The molecule has 0 radical (unpaired) electrons. The van der Waals surface area contributed by atoms with E-state index in [2.05, 4.69) is 5.32 Å². The predicted molar refractivity (Wildman–Crippen MR) is 65.9 cm³/mol. The smallest absolute Gasteiger partial charge is 0.265 e. The molecule has 6 heteroatoms. The van der Waals surface area contributed by atoms with Crippen molar-refractivity contribution in [2.24, 2.45) is 0 Å². The molecule has 2 rings (SSSR count). The van der Waals surface area contributed by atoms with Gasteiger partial charge in [-0.05, 0) is 24.6 Å². The summed E-state index contributed by atoms with van der Waals surface area (Å²) in [7, 11) is 0. The van der Waals surface area contributed by atoms with Crippen LogP contribution in [0.1, 0.15) is 18.5 Å². The molecule has 0 spiro atoms. The topological polar surface area (TPSA) is 50.7 Å². The van der Waals surface area contributed by atoms with Crippen LogP contribution in [0.4, 0.5) is 8.78 Å². The van der Waals surface area contributed by atoms with E-state index in [1.54, 1.807) is 6.07 Å². The lowest BCUT2D eigenvalue weighted by atomic mass is 10.1. The monoisotopic (exact) mass is 273 g/mol. The van der Waals surface area contributed by atoms with Gasteiger partial charge < -0.3 is 19.9 Å². The Morgan fingerprint density at radius 3 is 2.63 bits per heavy atom. The third-order valence-corrected chi connectivity index (χ3v) is 2.99. The molecule has 0 aliphatic carbocycles. The second-order valence-electron chi connectivity index (χ2n) is 4.43. The van der Waals surface area contributed by atoms with Crippen LogP contribution in [0.5, 0.6) is 11.5 Å². The Morgan fingerprint density at radius 2 is 1.95 bits per heavy atom. The summed E-state index contributed by atoms with van der Waals surface area (Å²) >= 11 is 0. The number of alkyl halides is 2. The van der Waals surface area contributed by atoms with Crippen molar-refractivity contribution in [1.82, 2.24) is 5.32 Å². The van der Waals surface area contributed by atoms with Crippen LogP contribution in [0.15, 0.2) is 18.2 Å². The standard InChI is InChI=1S/C13H17F2NO3/c1-8(16-7-10(17)13(14)15)9-2-3-11-12(6-9)19-5-4-18-11/h2-3,6,8,10,13,16-17H,4-5,7H2,1H3. The van der Waals surface area contributed by atoms with E-state index in [-0.39, 0.29) is 12.6 Å². The largest absolute Gasteiger partial charge is 0.486 e. The second kappa shape index (κ2) is 6.16. The van der Waals surface area contributed by atoms with Crippen LogP contribution in [0, 0.1) is 0 Å². The summed E-state index contributed by atoms with van der Waals surface area (Å²) < 4.78 is 35.2. The highest BCUT2D eigenvalue weighted by molar-refractivity contribution is 5.44. The fraction of sp³-hybridized carbons (Fsp3) is 0.538. The minimum atomic E-state index is -2.74. The van der Waals surface area contributed by atoms with Gasteiger partial charge >= 0.3 is 0 Å². The molecule has 19 heavy (non-hydrogen) atoms. The van der Waals surface area contributed by atoms with Crippen molar-refractivity contribution in [1.29, 1.82) is 0 Å².